The zero-order chi connectivity index (χ0) is 33.0. The van der Waals surface area contributed by atoms with Crippen molar-refractivity contribution in [3.8, 4) is 50.7 Å². The highest BCUT2D eigenvalue weighted by Gasteiger charge is 2.23. The number of hydrogen-bond donors (Lipinski definition) is 1. The molecule has 0 spiro atoms. The molecule has 4 nitrogen and oxygen atoms in total. The highest BCUT2D eigenvalue weighted by Crippen LogP contribution is 2.40. The van der Waals surface area contributed by atoms with Crippen LogP contribution in [0.25, 0.3) is 56.1 Å². The van der Waals surface area contributed by atoms with Crippen molar-refractivity contribution in [3.63, 3.8) is 0 Å². The number of hydrogen-bond acceptors (Lipinski definition) is 4. The molecule has 1 N–H and O–H groups in total. The molecule has 0 fully saturated rings. The first kappa shape index (κ1) is 31.3. The zero-order valence-electron chi connectivity index (χ0n) is 28.5. The second kappa shape index (κ2) is 11.3. The van der Waals surface area contributed by atoms with Crippen LogP contribution in [0, 0.1) is 0 Å². The summed E-state index contributed by atoms with van der Waals surface area (Å²) < 4.78 is 6.30. The Morgan fingerprint density at radius 1 is 0.543 bits per heavy atom. The van der Waals surface area contributed by atoms with Crippen LogP contribution in [-0.2, 0) is 16.2 Å². The second-order valence-corrected chi connectivity index (χ2v) is 15.5. The van der Waals surface area contributed by atoms with Gasteiger partial charge >= 0.3 is 0 Å². The van der Waals surface area contributed by atoms with E-state index in [1.54, 1.807) is 12.1 Å². The fraction of sp³-hybridized carbons (Fsp3) is 0.286. The largest absolute Gasteiger partial charge is 0.507 e. The van der Waals surface area contributed by atoms with Crippen LogP contribution in [0.3, 0.4) is 0 Å². The summed E-state index contributed by atoms with van der Waals surface area (Å²) in [5, 5.41) is 10.5. The van der Waals surface area contributed by atoms with Gasteiger partial charge < -0.3 is 9.52 Å². The van der Waals surface area contributed by atoms with E-state index >= 15 is 0 Å². The Labute approximate surface area is 273 Å². The van der Waals surface area contributed by atoms with Gasteiger partial charge in [-0.05, 0) is 92.1 Å². The third-order valence-corrected chi connectivity index (χ3v) is 8.72. The van der Waals surface area contributed by atoms with Crippen molar-refractivity contribution >= 4 is 11.1 Å². The topological polar surface area (TPSA) is 59.2 Å². The predicted octanol–water partition coefficient (Wildman–Crippen LogP) is 11.5. The summed E-state index contributed by atoms with van der Waals surface area (Å²) in [7, 11) is 0. The summed E-state index contributed by atoms with van der Waals surface area (Å²) in [5.41, 5.74) is 12.1. The first-order valence-electron chi connectivity index (χ1n) is 16.0. The van der Waals surface area contributed by atoms with E-state index in [0.29, 0.717) is 17.0 Å². The van der Waals surface area contributed by atoms with Gasteiger partial charge in [0.15, 0.2) is 5.58 Å². The van der Waals surface area contributed by atoms with Crippen molar-refractivity contribution in [2.75, 3.05) is 0 Å². The van der Waals surface area contributed by atoms with Crippen LogP contribution >= 0.6 is 0 Å². The summed E-state index contributed by atoms with van der Waals surface area (Å²) >= 11 is 0. The molecule has 2 aromatic heterocycles. The van der Waals surface area contributed by atoms with E-state index in [1.165, 1.54) is 16.7 Å². The summed E-state index contributed by atoms with van der Waals surface area (Å²) in [4.78, 5) is 9.74. The van der Waals surface area contributed by atoms with Crippen LogP contribution in [0.5, 0.6) is 5.75 Å². The van der Waals surface area contributed by atoms with Crippen molar-refractivity contribution in [1.82, 2.24) is 9.97 Å². The molecule has 0 aliphatic heterocycles. The maximum Gasteiger partial charge on any atom is 0.231 e. The minimum atomic E-state index is -0.105. The molecular formula is C42H44N2O2. The molecule has 0 radical (unpaired) electrons. The number of benzene rings is 4. The lowest BCUT2D eigenvalue weighted by molar-refractivity contribution is 0.474. The van der Waals surface area contributed by atoms with E-state index in [4.69, 9.17) is 14.4 Å². The van der Waals surface area contributed by atoms with Gasteiger partial charge in [-0.2, -0.15) is 0 Å². The number of fused-ring (bicyclic) bond motifs is 1. The maximum atomic E-state index is 10.5. The molecule has 234 valence electrons. The third-order valence-electron chi connectivity index (χ3n) is 8.72. The minimum Gasteiger partial charge on any atom is -0.507 e. The van der Waals surface area contributed by atoms with Gasteiger partial charge in [-0.15, -0.1) is 0 Å². The molecule has 0 saturated carbocycles. The third kappa shape index (κ3) is 6.22. The minimum absolute atomic E-state index is 0.0351. The van der Waals surface area contributed by atoms with Gasteiger partial charge in [0.2, 0.25) is 5.89 Å². The molecule has 0 atom stereocenters. The average molecular weight is 609 g/mol. The molecule has 0 aliphatic rings. The zero-order valence-corrected chi connectivity index (χ0v) is 28.5. The van der Waals surface area contributed by atoms with Gasteiger partial charge in [0, 0.05) is 17.3 Å². The Hall–Kier alpha value is -4.70. The molecule has 2 heterocycles. The molecule has 0 bridgehead atoms. The van der Waals surface area contributed by atoms with Crippen LogP contribution < -0.4 is 0 Å². The van der Waals surface area contributed by atoms with Crippen LogP contribution in [0.4, 0.5) is 0 Å². The Balaban J connectivity index is 1.47. The van der Waals surface area contributed by atoms with Gasteiger partial charge in [-0.25, -0.2) is 4.98 Å². The quantitative estimate of drug-likeness (QED) is 0.216. The molecular weight excluding hydrogens is 564 g/mol. The number of aromatic nitrogens is 2. The monoisotopic (exact) mass is 608 g/mol. The van der Waals surface area contributed by atoms with E-state index in [0.717, 1.165) is 39.0 Å². The number of pyridine rings is 1. The Kier molecular flexibility index (Phi) is 7.67. The molecule has 0 unspecified atom stereocenters. The van der Waals surface area contributed by atoms with Crippen molar-refractivity contribution in [2.45, 2.75) is 78.6 Å². The molecule has 6 rings (SSSR count). The number of oxazole rings is 1. The van der Waals surface area contributed by atoms with E-state index < -0.39 is 0 Å². The lowest BCUT2D eigenvalue weighted by atomic mass is 9.79. The summed E-state index contributed by atoms with van der Waals surface area (Å²) in [6.45, 7) is 20.2. The van der Waals surface area contributed by atoms with Gasteiger partial charge in [0.1, 0.15) is 11.3 Å². The smallest absolute Gasteiger partial charge is 0.231 e. The van der Waals surface area contributed by atoms with E-state index in [2.05, 4.69) is 129 Å². The van der Waals surface area contributed by atoms with Crippen molar-refractivity contribution in [1.29, 1.82) is 0 Å². The first-order valence-corrected chi connectivity index (χ1v) is 16.0. The molecule has 6 aromatic rings. The molecule has 0 saturated heterocycles. The predicted molar refractivity (Wildman–Crippen MR) is 191 cm³/mol. The molecule has 4 aromatic carbocycles. The van der Waals surface area contributed by atoms with E-state index in [-0.39, 0.29) is 22.0 Å². The van der Waals surface area contributed by atoms with Crippen molar-refractivity contribution in [3.05, 3.63) is 114 Å². The molecule has 4 heteroatoms. The maximum absolute atomic E-state index is 10.5. The average Bonchev–Trinajstić information content (AvgIpc) is 3.44. The van der Waals surface area contributed by atoms with Crippen LogP contribution in [0.2, 0.25) is 0 Å². The molecule has 0 aliphatic carbocycles. The summed E-state index contributed by atoms with van der Waals surface area (Å²) in [6, 6.07) is 31.2. The first-order chi connectivity index (χ1) is 21.6. The lowest BCUT2D eigenvalue weighted by Gasteiger charge is -2.26. The van der Waals surface area contributed by atoms with Crippen LogP contribution in [0.15, 0.2) is 102 Å². The lowest BCUT2D eigenvalue weighted by Crippen LogP contribution is -2.16. The Morgan fingerprint density at radius 2 is 1.17 bits per heavy atom. The summed E-state index contributed by atoms with van der Waals surface area (Å²) in [5.74, 6) is 0.542. The van der Waals surface area contributed by atoms with E-state index in [1.807, 2.05) is 18.3 Å². The standard InChI is InChI=1S/C42H44N2O2/c1-40(2,3)30-20-29(21-31(23-30)41(4,5)6)26-17-18-43-35(22-26)28-14-12-13-27(19-28)34-24-32(42(7,8)9)25-37-38(34)44-39(46-37)33-15-10-11-16-36(33)45/h10-25,45H,1-9H3. The summed E-state index contributed by atoms with van der Waals surface area (Å²) in [6.07, 6.45) is 1.91. The molecule has 46 heavy (non-hydrogen) atoms. The van der Waals surface area contributed by atoms with Crippen LogP contribution in [0.1, 0.15) is 79.0 Å². The van der Waals surface area contributed by atoms with E-state index in [9.17, 15) is 5.11 Å². The molecule has 0 amide bonds. The van der Waals surface area contributed by atoms with Gasteiger partial charge in [0.05, 0.1) is 11.3 Å². The Bertz CT molecular complexity index is 2030. The fourth-order valence-electron chi connectivity index (χ4n) is 5.73. The highest BCUT2D eigenvalue weighted by atomic mass is 16.3. The number of phenolic OH excluding ortho intramolecular Hbond substituents is 1. The van der Waals surface area contributed by atoms with Gasteiger partial charge in [-0.3, -0.25) is 4.98 Å². The van der Waals surface area contributed by atoms with Gasteiger partial charge in [0.25, 0.3) is 0 Å². The van der Waals surface area contributed by atoms with Crippen molar-refractivity contribution in [2.24, 2.45) is 0 Å². The van der Waals surface area contributed by atoms with Crippen molar-refractivity contribution < 1.29 is 9.52 Å². The number of nitrogens with zero attached hydrogens (tertiary/aromatic N) is 2. The Morgan fingerprint density at radius 3 is 1.83 bits per heavy atom. The number of phenols is 1. The normalized spacial score (nSPS) is 12.5. The van der Waals surface area contributed by atoms with Gasteiger partial charge in [-0.1, -0.05) is 111 Å². The fourth-order valence-corrected chi connectivity index (χ4v) is 5.73. The number of rotatable bonds is 4. The van der Waals surface area contributed by atoms with Crippen LogP contribution in [-0.4, -0.2) is 15.1 Å². The SMILES string of the molecule is CC(C)(C)c1cc(-c2ccnc(-c3cccc(-c4cc(C(C)(C)C)cc5oc(-c6ccccc6O)nc45)c3)c2)cc(C(C)(C)C)c1. The highest BCUT2D eigenvalue weighted by molar-refractivity contribution is 5.94. The number of para-hydroxylation sites is 1. The number of aromatic hydroxyl groups is 1. The second-order valence-electron chi connectivity index (χ2n) is 15.5.